The molecule has 0 aromatic rings. The van der Waals surface area contributed by atoms with Gasteiger partial charge in [-0.05, 0) is 6.42 Å². The lowest BCUT2D eigenvalue weighted by atomic mass is 10.3. The van der Waals surface area contributed by atoms with Crippen molar-refractivity contribution in [2.75, 3.05) is 26.7 Å². The molecule has 0 radical (unpaired) electrons. The average Bonchev–Trinajstić information content (AvgIpc) is 2.07. The summed E-state index contributed by atoms with van der Waals surface area (Å²) < 4.78 is 0. The van der Waals surface area contributed by atoms with Crippen molar-refractivity contribution in [3.8, 4) is 0 Å². The summed E-state index contributed by atoms with van der Waals surface area (Å²) in [5.74, 6) is -0.736. The number of piperazine rings is 1. The Hall–Kier alpha value is -1.06. The van der Waals surface area contributed by atoms with Gasteiger partial charge in [0, 0.05) is 26.7 Å². The van der Waals surface area contributed by atoms with Crippen molar-refractivity contribution in [2.24, 2.45) is 0 Å². The van der Waals surface area contributed by atoms with Crippen LogP contribution in [0.15, 0.2) is 0 Å². The first-order valence-electron chi connectivity index (χ1n) is 4.21. The van der Waals surface area contributed by atoms with E-state index in [1.807, 2.05) is 6.92 Å². The van der Waals surface area contributed by atoms with Gasteiger partial charge in [-0.2, -0.15) is 0 Å². The zero-order valence-corrected chi connectivity index (χ0v) is 7.54. The monoisotopic (exact) mass is 170 g/mol. The van der Waals surface area contributed by atoms with Gasteiger partial charge < -0.3 is 9.80 Å². The molecule has 4 heteroatoms. The fourth-order valence-electron chi connectivity index (χ4n) is 1.26. The van der Waals surface area contributed by atoms with Crippen LogP contribution in [-0.4, -0.2) is 48.3 Å². The molecule has 0 saturated carbocycles. The van der Waals surface area contributed by atoms with E-state index in [2.05, 4.69) is 0 Å². The molecule has 0 unspecified atom stereocenters. The molecule has 1 saturated heterocycles. The van der Waals surface area contributed by atoms with E-state index in [0.29, 0.717) is 19.6 Å². The fraction of sp³-hybridized carbons (Fsp3) is 0.750. The Labute approximate surface area is 72.1 Å². The van der Waals surface area contributed by atoms with E-state index in [-0.39, 0.29) is 11.8 Å². The average molecular weight is 170 g/mol. The Kier molecular flexibility index (Phi) is 2.68. The van der Waals surface area contributed by atoms with Crippen molar-refractivity contribution in [1.82, 2.24) is 9.80 Å². The predicted octanol–water partition coefficient (Wildman–Crippen LogP) is -0.303. The van der Waals surface area contributed by atoms with Crippen LogP contribution >= 0.6 is 0 Å². The van der Waals surface area contributed by atoms with Crippen LogP contribution in [0.2, 0.25) is 0 Å². The van der Waals surface area contributed by atoms with Crippen molar-refractivity contribution < 1.29 is 9.59 Å². The highest BCUT2D eigenvalue weighted by Gasteiger charge is 2.29. The minimum absolute atomic E-state index is 0.356. The van der Waals surface area contributed by atoms with Crippen molar-refractivity contribution >= 4 is 11.8 Å². The van der Waals surface area contributed by atoms with Crippen molar-refractivity contribution in [3.05, 3.63) is 0 Å². The molecule has 1 aliphatic heterocycles. The molecule has 0 aliphatic carbocycles. The first-order chi connectivity index (χ1) is 5.66. The Morgan fingerprint density at radius 1 is 1.25 bits per heavy atom. The smallest absolute Gasteiger partial charge is 0.312 e. The highest BCUT2D eigenvalue weighted by atomic mass is 16.2. The van der Waals surface area contributed by atoms with Crippen LogP contribution in [0.25, 0.3) is 0 Å². The van der Waals surface area contributed by atoms with Gasteiger partial charge in [-0.3, -0.25) is 9.59 Å². The van der Waals surface area contributed by atoms with Crippen LogP contribution in [0.4, 0.5) is 0 Å². The van der Waals surface area contributed by atoms with Gasteiger partial charge in [0.25, 0.3) is 0 Å². The van der Waals surface area contributed by atoms with E-state index in [4.69, 9.17) is 0 Å². The van der Waals surface area contributed by atoms with Crippen LogP contribution in [0.1, 0.15) is 13.3 Å². The maximum absolute atomic E-state index is 11.3. The lowest BCUT2D eigenvalue weighted by Gasteiger charge is -2.31. The maximum atomic E-state index is 11.3. The lowest BCUT2D eigenvalue weighted by molar-refractivity contribution is -0.154. The van der Waals surface area contributed by atoms with Crippen LogP contribution in [-0.2, 0) is 9.59 Å². The molecular formula is C8H14N2O2. The van der Waals surface area contributed by atoms with Gasteiger partial charge in [0.15, 0.2) is 0 Å². The minimum Gasteiger partial charge on any atom is -0.336 e. The SMILES string of the molecule is CCCN1CCN(C)C(=O)C1=O. The summed E-state index contributed by atoms with van der Waals surface area (Å²) >= 11 is 0. The molecule has 1 aliphatic rings. The van der Waals surface area contributed by atoms with E-state index in [0.717, 1.165) is 6.42 Å². The number of carbonyl (C=O) groups excluding carboxylic acids is 2. The second-order valence-corrected chi connectivity index (χ2v) is 3.02. The van der Waals surface area contributed by atoms with Crippen molar-refractivity contribution in [2.45, 2.75) is 13.3 Å². The van der Waals surface area contributed by atoms with E-state index in [1.165, 1.54) is 4.90 Å². The normalized spacial score (nSPS) is 18.8. The molecule has 0 atom stereocenters. The minimum atomic E-state index is -0.380. The van der Waals surface area contributed by atoms with E-state index < -0.39 is 0 Å². The molecule has 12 heavy (non-hydrogen) atoms. The van der Waals surface area contributed by atoms with Gasteiger partial charge in [-0.1, -0.05) is 6.92 Å². The van der Waals surface area contributed by atoms with Crippen LogP contribution < -0.4 is 0 Å². The summed E-state index contributed by atoms with van der Waals surface area (Å²) in [5.41, 5.74) is 0. The van der Waals surface area contributed by atoms with E-state index in [9.17, 15) is 9.59 Å². The van der Waals surface area contributed by atoms with Gasteiger partial charge in [0.05, 0.1) is 0 Å². The second-order valence-electron chi connectivity index (χ2n) is 3.02. The maximum Gasteiger partial charge on any atom is 0.312 e. The predicted molar refractivity (Wildman–Crippen MR) is 44.5 cm³/mol. The summed E-state index contributed by atoms with van der Waals surface area (Å²) in [7, 11) is 1.66. The number of hydrogen-bond donors (Lipinski definition) is 0. The van der Waals surface area contributed by atoms with Crippen LogP contribution in [0.5, 0.6) is 0 Å². The third-order valence-corrected chi connectivity index (χ3v) is 2.02. The number of nitrogens with zero attached hydrogens (tertiary/aromatic N) is 2. The van der Waals surface area contributed by atoms with E-state index >= 15 is 0 Å². The third kappa shape index (κ3) is 1.57. The fourth-order valence-corrected chi connectivity index (χ4v) is 1.26. The second kappa shape index (κ2) is 3.56. The van der Waals surface area contributed by atoms with Crippen molar-refractivity contribution in [1.29, 1.82) is 0 Å². The molecule has 0 aromatic heterocycles. The highest BCUT2D eigenvalue weighted by molar-refractivity contribution is 6.35. The molecule has 1 heterocycles. The number of carbonyl (C=O) groups is 2. The largest absolute Gasteiger partial charge is 0.336 e. The number of hydrogen-bond acceptors (Lipinski definition) is 2. The molecule has 4 nitrogen and oxygen atoms in total. The summed E-state index contributed by atoms with van der Waals surface area (Å²) in [5, 5.41) is 0. The summed E-state index contributed by atoms with van der Waals surface area (Å²) in [4.78, 5) is 25.5. The molecule has 0 N–H and O–H groups in total. The Balaban J connectivity index is 2.59. The Morgan fingerprint density at radius 2 is 1.92 bits per heavy atom. The zero-order valence-electron chi connectivity index (χ0n) is 7.54. The summed E-state index contributed by atoms with van der Waals surface area (Å²) in [6.45, 7) is 4.02. The van der Waals surface area contributed by atoms with Gasteiger partial charge in [0.2, 0.25) is 0 Å². The standard InChI is InChI=1S/C8H14N2O2/c1-3-4-10-6-5-9(2)7(11)8(10)12/h3-6H2,1-2H3. The van der Waals surface area contributed by atoms with Gasteiger partial charge >= 0.3 is 11.8 Å². The molecular weight excluding hydrogens is 156 g/mol. The lowest BCUT2D eigenvalue weighted by Crippen LogP contribution is -2.52. The first-order valence-corrected chi connectivity index (χ1v) is 4.21. The third-order valence-electron chi connectivity index (χ3n) is 2.02. The van der Waals surface area contributed by atoms with Gasteiger partial charge in [-0.25, -0.2) is 0 Å². The summed E-state index contributed by atoms with van der Waals surface area (Å²) in [6.07, 6.45) is 0.905. The molecule has 0 spiro atoms. The van der Waals surface area contributed by atoms with Gasteiger partial charge in [-0.15, -0.1) is 0 Å². The quantitative estimate of drug-likeness (QED) is 0.534. The van der Waals surface area contributed by atoms with Gasteiger partial charge in [0.1, 0.15) is 0 Å². The van der Waals surface area contributed by atoms with Crippen LogP contribution in [0, 0.1) is 0 Å². The zero-order chi connectivity index (χ0) is 9.14. The van der Waals surface area contributed by atoms with E-state index in [1.54, 1.807) is 11.9 Å². The number of rotatable bonds is 2. The number of likely N-dealkylation sites (N-methyl/N-ethyl adjacent to an activating group) is 1. The number of amides is 2. The molecule has 1 rings (SSSR count). The summed E-state index contributed by atoms with van der Waals surface area (Å²) in [6, 6.07) is 0. The highest BCUT2D eigenvalue weighted by Crippen LogP contribution is 2.02. The molecule has 1 fully saturated rings. The molecule has 0 bridgehead atoms. The topological polar surface area (TPSA) is 40.6 Å². The Bertz CT molecular complexity index is 203. The Morgan fingerprint density at radius 3 is 2.50 bits per heavy atom. The molecule has 2 amide bonds. The van der Waals surface area contributed by atoms with Crippen molar-refractivity contribution in [3.63, 3.8) is 0 Å². The molecule has 68 valence electrons. The molecule has 0 aromatic carbocycles. The van der Waals surface area contributed by atoms with Crippen LogP contribution in [0.3, 0.4) is 0 Å². The first kappa shape index (κ1) is 9.03.